The molecule has 3 aromatic rings. The Bertz CT molecular complexity index is 1920. The largest absolute Gasteiger partial charge is 1.00 e. The first kappa shape index (κ1) is 34.8. The molecule has 1 aliphatic rings. The predicted molar refractivity (Wildman–Crippen MR) is 156 cm³/mol. The Hall–Kier alpha value is -1.65. The summed E-state index contributed by atoms with van der Waals surface area (Å²) in [4.78, 5) is 1.80. The van der Waals surface area contributed by atoms with Crippen molar-refractivity contribution in [1.29, 1.82) is 10.5 Å². The first-order valence-corrected chi connectivity index (χ1v) is 18.5. The summed E-state index contributed by atoms with van der Waals surface area (Å²) in [6.45, 7) is -0.0474. The number of nitriles is 2. The summed E-state index contributed by atoms with van der Waals surface area (Å²) in [5, 5.41) is 17.7. The fourth-order valence-electron chi connectivity index (χ4n) is 4.04. The Morgan fingerprint density at radius 1 is 0.905 bits per heavy atom. The number of nitrogens with zero attached hydrogens (tertiary/aromatic N) is 4. The molecule has 2 aromatic carbocycles. The first-order chi connectivity index (χ1) is 19.5. The van der Waals surface area contributed by atoms with Crippen LogP contribution in [0.25, 0.3) is 28.0 Å². The molecule has 0 radical (unpaired) electrons. The van der Waals surface area contributed by atoms with Gasteiger partial charge in [0.25, 0.3) is 0 Å². The zero-order valence-electron chi connectivity index (χ0n) is 22.2. The molecule has 0 bridgehead atoms. The van der Waals surface area contributed by atoms with Gasteiger partial charge in [0.1, 0.15) is 0 Å². The van der Waals surface area contributed by atoms with Gasteiger partial charge < -0.3 is 0 Å². The van der Waals surface area contributed by atoms with Crippen LogP contribution in [0, 0.1) is 22.7 Å². The van der Waals surface area contributed by atoms with Crippen molar-refractivity contribution in [3.63, 3.8) is 0 Å². The van der Waals surface area contributed by atoms with Crippen LogP contribution >= 0.6 is 0 Å². The molecule has 42 heavy (non-hydrogen) atoms. The van der Waals surface area contributed by atoms with Crippen molar-refractivity contribution in [2.24, 2.45) is 0 Å². The van der Waals surface area contributed by atoms with Crippen molar-refractivity contribution in [2.45, 2.75) is 6.54 Å². The van der Waals surface area contributed by atoms with Gasteiger partial charge in [0.2, 0.25) is 0 Å². The Labute approximate surface area is 299 Å². The van der Waals surface area contributed by atoms with Crippen molar-refractivity contribution in [2.75, 3.05) is 23.0 Å². The Balaban J connectivity index is 0.00000484. The molecular formula is C27H21KN4O6S2Se2. The second-order valence-electron chi connectivity index (χ2n) is 8.61. The maximum atomic E-state index is 11.4. The van der Waals surface area contributed by atoms with Gasteiger partial charge in [0, 0.05) is 0 Å². The maximum absolute atomic E-state index is 11.4. The van der Waals surface area contributed by atoms with Crippen LogP contribution in [-0.4, -0.2) is 73.5 Å². The quantitative estimate of drug-likeness (QED) is 0.0989. The van der Waals surface area contributed by atoms with E-state index in [0.717, 1.165) is 40.2 Å². The number of allylic oxidation sites excluding steroid dienone is 4. The average molecular weight is 759 g/mol. The molecular weight excluding hydrogens is 737 g/mol. The van der Waals surface area contributed by atoms with Crippen molar-refractivity contribution >= 4 is 87.9 Å². The van der Waals surface area contributed by atoms with Crippen LogP contribution in [0.15, 0.2) is 65.3 Å². The fraction of sp³-hybridized carbons (Fsp3) is 0.148. The number of fused-ring (bicyclic) bond motifs is 2. The molecule has 0 unspecified atom stereocenters. The zero-order valence-corrected chi connectivity index (χ0v) is 30.4. The average Bonchev–Trinajstić information content (AvgIpc) is 3.43. The van der Waals surface area contributed by atoms with Gasteiger partial charge in [-0.1, -0.05) is 0 Å². The van der Waals surface area contributed by atoms with E-state index in [1.165, 1.54) is 12.2 Å². The molecule has 0 spiro atoms. The van der Waals surface area contributed by atoms with Crippen LogP contribution in [-0.2, 0) is 26.8 Å². The molecule has 15 heteroatoms. The predicted octanol–water partition coefficient (Wildman–Crippen LogP) is -1.94. The minimum absolute atomic E-state index is 0. The summed E-state index contributed by atoms with van der Waals surface area (Å²) in [7, 11) is -8.91. The van der Waals surface area contributed by atoms with Gasteiger partial charge in [-0.05, 0) is 0 Å². The molecule has 0 saturated carbocycles. The molecule has 0 amide bonds. The van der Waals surface area contributed by atoms with Crippen molar-refractivity contribution in [3.05, 3.63) is 81.0 Å². The van der Waals surface area contributed by atoms with Crippen LogP contribution in [0.2, 0.25) is 0 Å². The van der Waals surface area contributed by atoms with Gasteiger partial charge in [0.05, 0.1) is 0 Å². The smallest absolute Gasteiger partial charge is 1.00 e. The van der Waals surface area contributed by atoms with Gasteiger partial charge >= 0.3 is 303 Å². The minimum Gasteiger partial charge on any atom is 1.00 e. The third-order valence-corrected chi connectivity index (χ3v) is 11.9. The number of rotatable bonds is 10. The van der Waals surface area contributed by atoms with Crippen LogP contribution < -0.4 is 65.3 Å². The number of anilines is 1. The number of aromatic nitrogens is 1. The normalized spacial score (nSPS) is 14.6. The van der Waals surface area contributed by atoms with E-state index in [0.29, 0.717) is 0 Å². The second-order valence-corrected chi connectivity index (χ2v) is 16.1. The van der Waals surface area contributed by atoms with E-state index in [2.05, 4.69) is 0 Å². The Kier molecular flexibility index (Phi) is 12.7. The molecule has 0 N–H and O–H groups in total. The molecule has 2 heterocycles. The second kappa shape index (κ2) is 15.4. The molecule has 0 saturated heterocycles. The third kappa shape index (κ3) is 9.68. The molecule has 0 aliphatic carbocycles. The maximum Gasteiger partial charge on any atom is 1.00 e. The van der Waals surface area contributed by atoms with Gasteiger partial charge in [-0.15, -0.1) is 0 Å². The van der Waals surface area contributed by atoms with E-state index >= 15 is 0 Å². The third-order valence-electron chi connectivity index (χ3n) is 5.82. The van der Waals surface area contributed by atoms with Crippen LogP contribution in [0.1, 0.15) is 15.7 Å². The van der Waals surface area contributed by atoms with Crippen molar-refractivity contribution in [3.8, 4) is 12.1 Å². The summed E-state index contributed by atoms with van der Waals surface area (Å²) in [5.41, 5.74) is 3.09. The van der Waals surface area contributed by atoms with E-state index in [9.17, 15) is 25.9 Å². The number of aryl methyl sites for hydroxylation is 1. The van der Waals surface area contributed by atoms with Crippen LogP contribution in [0.3, 0.4) is 0 Å². The molecule has 10 nitrogen and oxygen atoms in total. The topological polar surface area (TPSA) is 169 Å². The van der Waals surface area contributed by atoms with Crippen LogP contribution in [0.5, 0.6) is 0 Å². The van der Waals surface area contributed by atoms with E-state index in [4.69, 9.17) is 10.5 Å². The number of hydrogen-bond donors (Lipinski definition) is 0. The van der Waals surface area contributed by atoms with Crippen molar-refractivity contribution < 1.29 is 81.9 Å². The SMILES string of the molecule is N#C/C=C\c1ccc2[se]c(/C=C/C=C3/[Se]c4ccc(/C=C/C#N)cc4N3CCS(=O)(=O)[O-])[n+](CCS(=O)(=O)[O-])c2c1.[K+]. The first-order valence-electron chi connectivity index (χ1n) is 11.9. The molecule has 1 aliphatic heterocycles. The summed E-state index contributed by atoms with van der Waals surface area (Å²) in [5.74, 6) is -1.14. The van der Waals surface area contributed by atoms with Gasteiger partial charge in [-0.3, -0.25) is 0 Å². The molecule has 210 valence electrons. The van der Waals surface area contributed by atoms with Gasteiger partial charge in [0.15, 0.2) is 0 Å². The Morgan fingerprint density at radius 3 is 2.19 bits per heavy atom. The summed E-state index contributed by atoms with van der Waals surface area (Å²) < 4.78 is 73.9. The monoisotopic (exact) mass is 760 g/mol. The van der Waals surface area contributed by atoms with E-state index in [1.54, 1.807) is 27.7 Å². The van der Waals surface area contributed by atoms with E-state index in [1.807, 2.05) is 60.7 Å². The van der Waals surface area contributed by atoms with Gasteiger partial charge in [-0.2, -0.15) is 0 Å². The Morgan fingerprint density at radius 2 is 1.55 bits per heavy atom. The zero-order chi connectivity index (χ0) is 29.6. The molecule has 4 rings (SSSR count). The summed E-state index contributed by atoms with van der Waals surface area (Å²) in [6.07, 6.45) is 11.5. The fourth-order valence-corrected chi connectivity index (χ4v) is 9.39. The molecule has 0 atom stereocenters. The number of hydrogen-bond acceptors (Lipinski definition) is 9. The van der Waals surface area contributed by atoms with Gasteiger partial charge in [-0.25, -0.2) is 0 Å². The minimum atomic E-state index is -4.45. The van der Waals surface area contributed by atoms with Crippen LogP contribution in [0.4, 0.5) is 5.69 Å². The summed E-state index contributed by atoms with van der Waals surface area (Å²) in [6, 6.07) is 15.2. The molecule has 0 fully saturated rings. The molecule has 1 aromatic heterocycles. The number of benzene rings is 2. The summed E-state index contributed by atoms with van der Waals surface area (Å²) >= 11 is -0.368. The van der Waals surface area contributed by atoms with E-state index < -0.39 is 31.7 Å². The van der Waals surface area contributed by atoms with Crippen molar-refractivity contribution in [1.82, 2.24) is 0 Å². The standard InChI is InChI=1S/C27H22N4O6S2Se2.K/c28-12-2-4-20-8-10-24-22(18-20)30(14-16-38(32,33)34)26(40-24)6-1-7-27-31(15-17-39(35,36)37)23-19-21(5-3-13-29)9-11-25(23)41-27;/h1-11,18-19H,14-17H2,(H-,32,33,34,35,36,37);/q;+1/p-1/b4-2-,5-3+;. The van der Waals surface area contributed by atoms with E-state index in [-0.39, 0.29) is 93.9 Å².